The van der Waals surface area contributed by atoms with Crippen molar-refractivity contribution < 1.29 is 21.9 Å². The van der Waals surface area contributed by atoms with Crippen molar-refractivity contribution in [2.75, 3.05) is 13.7 Å². The van der Waals surface area contributed by atoms with Crippen LogP contribution in [0.15, 0.2) is 64.5 Å². The minimum absolute atomic E-state index is 0.00128. The summed E-state index contributed by atoms with van der Waals surface area (Å²) >= 11 is 0. The van der Waals surface area contributed by atoms with Crippen molar-refractivity contribution in [1.29, 1.82) is 0 Å². The highest BCUT2D eigenvalue weighted by molar-refractivity contribution is 7.89. The summed E-state index contributed by atoms with van der Waals surface area (Å²) in [5, 5.41) is 0. The van der Waals surface area contributed by atoms with Gasteiger partial charge in [0.15, 0.2) is 0 Å². The van der Waals surface area contributed by atoms with Crippen LogP contribution in [0.25, 0.3) is 11.3 Å². The lowest BCUT2D eigenvalue weighted by Gasteiger charge is -2.11. The number of nitrogens with zero attached hydrogens (tertiary/aromatic N) is 2. The van der Waals surface area contributed by atoms with Gasteiger partial charge in [0.25, 0.3) is 5.56 Å². The molecular weight excluding hydrogens is 404 g/mol. The average Bonchev–Trinajstić information content (AvgIpc) is 2.69. The number of rotatable bonds is 7. The number of nitrogens with one attached hydrogen (secondary N) is 1. The molecule has 1 N–H and O–H groups in total. The van der Waals surface area contributed by atoms with E-state index >= 15 is 0 Å². The van der Waals surface area contributed by atoms with Crippen molar-refractivity contribution in [3.63, 3.8) is 0 Å². The third-order valence-corrected chi connectivity index (χ3v) is 5.56. The smallest absolute Gasteiger partial charge is 0.253 e. The van der Waals surface area contributed by atoms with Crippen LogP contribution < -0.4 is 15.0 Å². The summed E-state index contributed by atoms with van der Waals surface area (Å²) in [5.41, 5.74) is 0.549. The molecule has 7 nitrogen and oxygen atoms in total. The lowest BCUT2D eigenvalue weighted by Crippen LogP contribution is -2.31. The molecule has 3 aromatic rings. The van der Waals surface area contributed by atoms with Gasteiger partial charge in [-0.2, -0.15) is 0 Å². The molecule has 0 radical (unpaired) electrons. The predicted octanol–water partition coefficient (Wildman–Crippen LogP) is 2.18. The Labute approximate surface area is 165 Å². The Morgan fingerprint density at radius 1 is 1.07 bits per heavy atom. The van der Waals surface area contributed by atoms with Crippen molar-refractivity contribution in [2.24, 2.45) is 0 Å². The lowest BCUT2D eigenvalue weighted by atomic mass is 10.1. The molecule has 0 atom stereocenters. The summed E-state index contributed by atoms with van der Waals surface area (Å²) < 4.78 is 59.7. The fourth-order valence-corrected chi connectivity index (χ4v) is 3.81. The third-order valence-electron chi connectivity index (χ3n) is 4.08. The van der Waals surface area contributed by atoms with E-state index in [1.807, 2.05) is 0 Å². The first-order valence-corrected chi connectivity index (χ1v) is 9.94. The third kappa shape index (κ3) is 4.84. The van der Waals surface area contributed by atoms with E-state index in [9.17, 15) is 22.0 Å². The van der Waals surface area contributed by atoms with Crippen molar-refractivity contribution in [3.8, 4) is 17.0 Å². The molecule has 3 rings (SSSR count). The van der Waals surface area contributed by atoms with Gasteiger partial charge in [-0.1, -0.05) is 0 Å². The number of halogens is 2. The van der Waals surface area contributed by atoms with E-state index < -0.39 is 27.2 Å². The first-order chi connectivity index (χ1) is 13.8. The van der Waals surface area contributed by atoms with Crippen LogP contribution in [-0.2, 0) is 16.6 Å². The Balaban J connectivity index is 1.71. The molecule has 10 heteroatoms. The molecule has 1 heterocycles. The van der Waals surface area contributed by atoms with E-state index in [1.54, 1.807) is 0 Å². The minimum atomic E-state index is -4.05. The fraction of sp³-hybridized carbons (Fsp3) is 0.158. The largest absolute Gasteiger partial charge is 0.495 e. The normalized spacial score (nSPS) is 11.4. The number of methoxy groups -OCH3 is 1. The highest BCUT2D eigenvalue weighted by atomic mass is 32.2. The van der Waals surface area contributed by atoms with Crippen LogP contribution in [0.2, 0.25) is 0 Å². The zero-order valence-electron chi connectivity index (χ0n) is 15.3. The van der Waals surface area contributed by atoms with Gasteiger partial charge in [0, 0.05) is 24.7 Å². The Hall–Kier alpha value is -3.11. The average molecular weight is 421 g/mol. The second kappa shape index (κ2) is 8.50. The highest BCUT2D eigenvalue weighted by Gasteiger charge is 2.20. The summed E-state index contributed by atoms with van der Waals surface area (Å²) in [5.74, 6) is -1.12. The van der Waals surface area contributed by atoms with Gasteiger partial charge < -0.3 is 4.74 Å². The molecule has 2 aromatic carbocycles. The molecule has 29 heavy (non-hydrogen) atoms. The molecule has 0 aliphatic carbocycles. The second-order valence-corrected chi connectivity index (χ2v) is 7.74. The van der Waals surface area contributed by atoms with E-state index in [4.69, 9.17) is 4.74 Å². The SMILES string of the molecule is COc1ccc(F)cc1S(=O)(=O)NCCn1cnc(-c2ccc(F)cc2)cc1=O. The number of hydrogen-bond acceptors (Lipinski definition) is 5. The number of aromatic nitrogens is 2. The molecule has 0 saturated heterocycles. The van der Waals surface area contributed by atoms with Gasteiger partial charge in [0.05, 0.1) is 19.1 Å². The second-order valence-electron chi connectivity index (χ2n) is 6.01. The monoisotopic (exact) mass is 421 g/mol. The molecule has 152 valence electrons. The summed E-state index contributed by atoms with van der Waals surface area (Å²) in [6.45, 7) is -0.119. The van der Waals surface area contributed by atoms with Crippen LogP contribution in [0.1, 0.15) is 0 Å². The van der Waals surface area contributed by atoms with Crippen molar-refractivity contribution in [2.45, 2.75) is 11.4 Å². The number of sulfonamides is 1. The molecule has 1 aromatic heterocycles. The van der Waals surface area contributed by atoms with Crippen LogP contribution in [0.4, 0.5) is 8.78 Å². The highest BCUT2D eigenvalue weighted by Crippen LogP contribution is 2.24. The molecular formula is C19H17F2N3O4S. The van der Waals surface area contributed by atoms with E-state index in [-0.39, 0.29) is 23.7 Å². The van der Waals surface area contributed by atoms with E-state index in [2.05, 4.69) is 9.71 Å². The fourth-order valence-electron chi connectivity index (χ4n) is 2.61. The minimum Gasteiger partial charge on any atom is -0.495 e. The molecule has 0 saturated carbocycles. The van der Waals surface area contributed by atoms with Gasteiger partial charge >= 0.3 is 0 Å². The Bertz CT molecular complexity index is 1180. The van der Waals surface area contributed by atoms with Crippen molar-refractivity contribution in [1.82, 2.24) is 14.3 Å². The van der Waals surface area contributed by atoms with E-state index in [1.165, 1.54) is 54.4 Å². The maximum absolute atomic E-state index is 13.4. The molecule has 0 spiro atoms. The predicted molar refractivity (Wildman–Crippen MR) is 102 cm³/mol. The Kier molecular flexibility index (Phi) is 6.04. The van der Waals surface area contributed by atoms with Crippen molar-refractivity contribution >= 4 is 10.0 Å². The molecule has 0 amide bonds. The molecule has 0 aliphatic heterocycles. The summed E-state index contributed by atoms with van der Waals surface area (Å²) in [4.78, 5) is 16.1. The molecule has 0 unspecified atom stereocenters. The van der Waals surface area contributed by atoms with Gasteiger partial charge in [-0.25, -0.2) is 26.9 Å². The van der Waals surface area contributed by atoms with Gasteiger partial charge in [0.2, 0.25) is 10.0 Å². The van der Waals surface area contributed by atoms with Crippen LogP contribution >= 0.6 is 0 Å². The summed E-state index contributed by atoms with van der Waals surface area (Å²) in [6, 6.07) is 9.96. The van der Waals surface area contributed by atoms with Gasteiger partial charge in [-0.05, 0) is 42.5 Å². The maximum atomic E-state index is 13.4. The van der Waals surface area contributed by atoms with Crippen LogP contribution in [0.3, 0.4) is 0 Å². The number of ether oxygens (including phenoxy) is 1. The number of hydrogen-bond donors (Lipinski definition) is 1. The summed E-state index contributed by atoms with van der Waals surface area (Å²) in [7, 11) is -2.77. The zero-order chi connectivity index (χ0) is 21.0. The summed E-state index contributed by atoms with van der Waals surface area (Å²) in [6.07, 6.45) is 1.28. The first kappa shape index (κ1) is 20.6. The zero-order valence-corrected chi connectivity index (χ0v) is 16.1. The molecule has 0 aliphatic rings. The quantitative estimate of drug-likeness (QED) is 0.632. The van der Waals surface area contributed by atoms with Crippen LogP contribution in [0, 0.1) is 11.6 Å². The topological polar surface area (TPSA) is 90.3 Å². The van der Waals surface area contributed by atoms with Gasteiger partial charge in [-0.3, -0.25) is 9.36 Å². The standard InChI is InChI=1S/C19H17F2N3O4S/c1-28-17-7-6-15(21)10-18(17)29(26,27)23-8-9-24-12-22-16(11-19(24)25)13-2-4-14(20)5-3-13/h2-7,10-12,23H,8-9H2,1H3. The Morgan fingerprint density at radius 2 is 1.76 bits per heavy atom. The first-order valence-electron chi connectivity index (χ1n) is 8.46. The number of benzene rings is 2. The van der Waals surface area contributed by atoms with E-state index in [0.717, 1.165) is 12.1 Å². The van der Waals surface area contributed by atoms with E-state index in [0.29, 0.717) is 11.3 Å². The van der Waals surface area contributed by atoms with Crippen LogP contribution in [0.5, 0.6) is 5.75 Å². The van der Waals surface area contributed by atoms with Crippen LogP contribution in [-0.4, -0.2) is 31.6 Å². The maximum Gasteiger partial charge on any atom is 0.253 e. The molecule has 0 bridgehead atoms. The lowest BCUT2D eigenvalue weighted by molar-refractivity contribution is 0.400. The molecule has 0 fully saturated rings. The van der Waals surface area contributed by atoms with Gasteiger partial charge in [0.1, 0.15) is 22.3 Å². The van der Waals surface area contributed by atoms with Gasteiger partial charge in [-0.15, -0.1) is 0 Å². The van der Waals surface area contributed by atoms with Crippen molar-refractivity contribution in [3.05, 3.63) is 76.8 Å². The Morgan fingerprint density at radius 3 is 2.41 bits per heavy atom.